The normalized spacial score (nSPS) is 11.1. The molecule has 2 rings (SSSR count). The van der Waals surface area contributed by atoms with Crippen molar-refractivity contribution in [3.63, 3.8) is 0 Å². The average Bonchev–Trinajstić information content (AvgIpc) is 2.61. The molecule has 124 valence electrons. The minimum Gasteiger partial charge on any atom is -0.493 e. The van der Waals surface area contributed by atoms with E-state index < -0.39 is 12.1 Å². The van der Waals surface area contributed by atoms with E-state index in [1.807, 2.05) is 42.5 Å². The van der Waals surface area contributed by atoms with Gasteiger partial charge in [-0.3, -0.25) is 4.79 Å². The van der Waals surface area contributed by atoms with Gasteiger partial charge in [-0.25, -0.2) is 0 Å². The van der Waals surface area contributed by atoms with Gasteiger partial charge in [-0.1, -0.05) is 49.0 Å². The summed E-state index contributed by atoms with van der Waals surface area (Å²) in [6.45, 7) is 5.13. The van der Waals surface area contributed by atoms with Crippen LogP contribution in [0.4, 0.5) is 0 Å². The van der Waals surface area contributed by atoms with Crippen LogP contribution in [0.3, 0.4) is 0 Å². The van der Waals surface area contributed by atoms with E-state index in [2.05, 4.69) is 12.3 Å². The van der Waals surface area contributed by atoms with Crippen molar-refractivity contribution in [3.05, 3.63) is 72.0 Å². The summed E-state index contributed by atoms with van der Waals surface area (Å²) in [6, 6.07) is 15.0. The highest BCUT2D eigenvalue weighted by atomic mass is 16.5. The zero-order valence-corrected chi connectivity index (χ0v) is 14.0. The Morgan fingerprint density at radius 3 is 2.29 bits per heavy atom. The summed E-state index contributed by atoms with van der Waals surface area (Å²) in [7, 11) is 3.11. The van der Waals surface area contributed by atoms with Gasteiger partial charge in [0, 0.05) is 18.1 Å². The van der Waals surface area contributed by atoms with E-state index in [0.29, 0.717) is 22.6 Å². The molecule has 0 N–H and O–H groups in total. The molecule has 0 aliphatic heterocycles. The Bertz CT molecular complexity index is 758. The third-order valence-corrected chi connectivity index (χ3v) is 3.54. The van der Waals surface area contributed by atoms with Crippen molar-refractivity contribution in [1.29, 1.82) is 0 Å². The molecule has 24 heavy (non-hydrogen) atoms. The maximum Gasteiger partial charge on any atom is 0.303 e. The molecular weight excluding hydrogens is 304 g/mol. The highest BCUT2D eigenvalue weighted by Gasteiger charge is 2.26. The fourth-order valence-electron chi connectivity index (χ4n) is 2.53. The van der Waals surface area contributed by atoms with Gasteiger partial charge in [-0.05, 0) is 11.6 Å². The van der Waals surface area contributed by atoms with Gasteiger partial charge in [0.05, 0.1) is 14.2 Å². The number of hydrogen-bond acceptors (Lipinski definition) is 4. The van der Waals surface area contributed by atoms with Crippen molar-refractivity contribution in [2.75, 3.05) is 14.2 Å². The van der Waals surface area contributed by atoms with Crippen LogP contribution < -0.4 is 9.47 Å². The molecule has 0 fully saturated rings. The molecule has 0 saturated heterocycles. The first-order chi connectivity index (χ1) is 11.6. The number of carbonyl (C=O) groups is 1. The number of benzene rings is 2. The van der Waals surface area contributed by atoms with Crippen molar-refractivity contribution in [2.45, 2.75) is 13.0 Å². The molecule has 4 nitrogen and oxygen atoms in total. The average molecular weight is 324 g/mol. The summed E-state index contributed by atoms with van der Waals surface area (Å²) >= 11 is 0. The van der Waals surface area contributed by atoms with E-state index in [9.17, 15) is 4.79 Å². The Morgan fingerprint density at radius 2 is 1.75 bits per heavy atom. The number of hydrogen-bond donors (Lipinski definition) is 0. The third-order valence-electron chi connectivity index (χ3n) is 3.54. The van der Waals surface area contributed by atoms with Gasteiger partial charge in [0.2, 0.25) is 0 Å². The van der Waals surface area contributed by atoms with E-state index >= 15 is 0 Å². The van der Waals surface area contributed by atoms with Crippen LogP contribution in [0, 0.1) is 0 Å². The predicted molar refractivity (Wildman–Crippen MR) is 93.0 cm³/mol. The number of para-hydroxylation sites is 1. The summed E-state index contributed by atoms with van der Waals surface area (Å²) in [6.07, 6.45) is -0.701. The predicted octanol–water partition coefficient (Wildman–Crippen LogP) is 4.18. The topological polar surface area (TPSA) is 44.8 Å². The molecule has 1 unspecified atom stereocenters. The van der Waals surface area contributed by atoms with Gasteiger partial charge in [-0.15, -0.1) is 5.73 Å². The highest BCUT2D eigenvalue weighted by Crippen LogP contribution is 2.41. The van der Waals surface area contributed by atoms with Crippen LogP contribution in [-0.4, -0.2) is 20.2 Å². The van der Waals surface area contributed by atoms with Crippen LogP contribution in [0.15, 0.2) is 60.8 Å². The second-order valence-electron chi connectivity index (χ2n) is 5.03. The zero-order chi connectivity index (χ0) is 17.5. The molecule has 1 atom stereocenters. The van der Waals surface area contributed by atoms with Gasteiger partial charge in [-0.2, -0.15) is 0 Å². The lowest BCUT2D eigenvalue weighted by Gasteiger charge is -2.22. The van der Waals surface area contributed by atoms with Crippen LogP contribution in [0.2, 0.25) is 0 Å². The highest BCUT2D eigenvalue weighted by molar-refractivity contribution is 5.75. The Balaban J connectivity index is 2.62. The van der Waals surface area contributed by atoms with E-state index in [-0.39, 0.29) is 0 Å². The van der Waals surface area contributed by atoms with E-state index in [0.717, 1.165) is 5.56 Å². The molecule has 0 heterocycles. The zero-order valence-electron chi connectivity index (χ0n) is 14.0. The van der Waals surface area contributed by atoms with Gasteiger partial charge in [0.25, 0.3) is 0 Å². The first-order valence-electron chi connectivity index (χ1n) is 7.45. The van der Waals surface area contributed by atoms with E-state index in [1.165, 1.54) is 6.92 Å². The summed E-state index contributed by atoms with van der Waals surface area (Å²) in [5.41, 5.74) is 5.09. The van der Waals surface area contributed by atoms with Crippen LogP contribution >= 0.6 is 0 Å². The molecule has 0 aromatic heterocycles. The molecule has 2 aromatic rings. The lowest BCUT2D eigenvalue weighted by atomic mass is 9.95. The van der Waals surface area contributed by atoms with Gasteiger partial charge < -0.3 is 14.2 Å². The van der Waals surface area contributed by atoms with Crippen molar-refractivity contribution in [3.8, 4) is 11.5 Å². The summed E-state index contributed by atoms with van der Waals surface area (Å²) < 4.78 is 16.4. The minimum absolute atomic E-state index is 0.409. The first kappa shape index (κ1) is 17.4. The molecule has 0 aliphatic carbocycles. The molecule has 4 heteroatoms. The maximum atomic E-state index is 11.7. The molecule has 0 aliphatic rings. The summed E-state index contributed by atoms with van der Waals surface area (Å²) in [4.78, 5) is 11.7. The Hall–Kier alpha value is -2.97. The van der Waals surface area contributed by atoms with E-state index in [1.54, 1.807) is 20.3 Å². The monoisotopic (exact) mass is 324 g/mol. The molecule has 2 aromatic carbocycles. The fraction of sp³-hybridized carbons (Fsp3) is 0.200. The number of esters is 1. The Kier molecular flexibility index (Phi) is 5.83. The third kappa shape index (κ3) is 3.67. The SMILES string of the molecule is C=C=C(c1ccccc1)C(OC(C)=O)c1cccc(OC)c1OC. The standard InChI is InChI=1S/C20H20O4/c1-5-16(15-10-7-6-8-11-15)19(24-14(2)21)17-12-9-13-18(22-3)20(17)23-4/h6-13,19H,1H2,2-4H3. The number of rotatable bonds is 6. The molecule has 0 radical (unpaired) electrons. The molecular formula is C20H20O4. The quantitative estimate of drug-likeness (QED) is 0.591. The van der Waals surface area contributed by atoms with Crippen LogP contribution in [0.25, 0.3) is 5.57 Å². The van der Waals surface area contributed by atoms with Crippen molar-refractivity contribution in [1.82, 2.24) is 0 Å². The maximum absolute atomic E-state index is 11.7. The largest absolute Gasteiger partial charge is 0.493 e. The van der Waals surface area contributed by atoms with Gasteiger partial charge in [0.1, 0.15) is 0 Å². The summed E-state index contributed by atoms with van der Waals surface area (Å²) in [5, 5.41) is 0. The molecule has 0 spiro atoms. The second kappa shape index (κ2) is 8.04. The number of methoxy groups -OCH3 is 2. The Labute approximate surface area is 142 Å². The number of ether oxygens (including phenoxy) is 3. The lowest BCUT2D eigenvalue weighted by molar-refractivity contribution is -0.144. The molecule has 0 amide bonds. The minimum atomic E-state index is -0.701. The number of carbonyl (C=O) groups excluding carboxylic acids is 1. The first-order valence-corrected chi connectivity index (χ1v) is 7.45. The second-order valence-corrected chi connectivity index (χ2v) is 5.03. The van der Waals surface area contributed by atoms with Crippen LogP contribution in [-0.2, 0) is 9.53 Å². The summed E-state index contributed by atoms with van der Waals surface area (Å²) in [5.74, 6) is 0.659. The smallest absolute Gasteiger partial charge is 0.303 e. The Morgan fingerprint density at radius 1 is 1.04 bits per heavy atom. The fourth-order valence-corrected chi connectivity index (χ4v) is 2.53. The van der Waals surface area contributed by atoms with Crippen LogP contribution in [0.5, 0.6) is 11.5 Å². The van der Waals surface area contributed by atoms with Crippen molar-refractivity contribution in [2.24, 2.45) is 0 Å². The van der Waals surface area contributed by atoms with Crippen molar-refractivity contribution < 1.29 is 19.0 Å². The molecule has 0 bridgehead atoms. The van der Waals surface area contributed by atoms with Gasteiger partial charge >= 0.3 is 5.97 Å². The van der Waals surface area contributed by atoms with Crippen molar-refractivity contribution >= 4 is 11.5 Å². The molecule has 0 saturated carbocycles. The van der Waals surface area contributed by atoms with Gasteiger partial charge in [0.15, 0.2) is 17.6 Å². The lowest BCUT2D eigenvalue weighted by Crippen LogP contribution is -2.12. The van der Waals surface area contributed by atoms with E-state index in [4.69, 9.17) is 14.2 Å². The van der Waals surface area contributed by atoms with Crippen LogP contribution in [0.1, 0.15) is 24.2 Å².